The predicted octanol–water partition coefficient (Wildman–Crippen LogP) is 2.13. The van der Waals surface area contributed by atoms with E-state index in [-0.39, 0.29) is 41.9 Å². The molecule has 0 aliphatic carbocycles. The van der Waals surface area contributed by atoms with Crippen molar-refractivity contribution in [1.29, 1.82) is 0 Å². The van der Waals surface area contributed by atoms with Gasteiger partial charge in [-0.25, -0.2) is 4.39 Å². The Hall–Kier alpha value is -1.33. The predicted molar refractivity (Wildman–Crippen MR) is 82.3 cm³/mol. The van der Waals surface area contributed by atoms with Gasteiger partial charge in [-0.15, -0.1) is 12.4 Å². The van der Waals surface area contributed by atoms with Crippen molar-refractivity contribution in [1.82, 2.24) is 10.6 Å². The van der Waals surface area contributed by atoms with Crippen LogP contribution in [0.15, 0.2) is 24.3 Å². The van der Waals surface area contributed by atoms with Crippen LogP contribution in [0.1, 0.15) is 19.8 Å². The Kier molecular flexibility index (Phi) is 7.47. The first-order valence-corrected chi connectivity index (χ1v) is 7.06. The van der Waals surface area contributed by atoms with Gasteiger partial charge in [-0.1, -0.05) is 12.1 Å². The van der Waals surface area contributed by atoms with E-state index in [0.29, 0.717) is 6.54 Å². The van der Waals surface area contributed by atoms with E-state index in [1.54, 1.807) is 18.2 Å². The minimum absolute atomic E-state index is 0. The monoisotopic (exact) mass is 316 g/mol. The highest BCUT2D eigenvalue weighted by Crippen LogP contribution is 2.17. The van der Waals surface area contributed by atoms with Gasteiger partial charge in [0.15, 0.2) is 11.6 Å². The van der Waals surface area contributed by atoms with Gasteiger partial charge in [0.1, 0.15) is 6.10 Å². The van der Waals surface area contributed by atoms with Crippen molar-refractivity contribution in [2.75, 3.05) is 19.6 Å². The fourth-order valence-corrected chi connectivity index (χ4v) is 2.27. The molecule has 1 saturated heterocycles. The van der Waals surface area contributed by atoms with Gasteiger partial charge in [-0.05, 0) is 45.0 Å². The second-order valence-electron chi connectivity index (χ2n) is 5.13. The fraction of sp³-hybridized carbons (Fsp3) is 0.533. The van der Waals surface area contributed by atoms with Crippen molar-refractivity contribution in [2.24, 2.45) is 5.92 Å². The first-order valence-electron chi connectivity index (χ1n) is 7.06. The lowest BCUT2D eigenvalue weighted by molar-refractivity contribution is -0.126. The standard InChI is InChI=1S/C15H21FN2O2.ClH/c1-11(20-14-5-3-2-4-13(14)16)10-18-15(19)12-6-8-17-9-7-12;/h2-5,11-12,17H,6-10H2,1H3,(H,18,19);1H. The van der Waals surface area contributed by atoms with Crippen molar-refractivity contribution in [2.45, 2.75) is 25.9 Å². The smallest absolute Gasteiger partial charge is 0.223 e. The zero-order chi connectivity index (χ0) is 14.4. The van der Waals surface area contributed by atoms with Crippen LogP contribution in [-0.4, -0.2) is 31.6 Å². The van der Waals surface area contributed by atoms with Crippen LogP contribution in [-0.2, 0) is 4.79 Å². The molecule has 1 fully saturated rings. The number of hydrogen-bond acceptors (Lipinski definition) is 3. The topological polar surface area (TPSA) is 50.4 Å². The maximum atomic E-state index is 13.4. The molecule has 2 rings (SSSR count). The number of carbonyl (C=O) groups excluding carboxylic acids is 1. The number of piperidine rings is 1. The Labute approximate surface area is 130 Å². The third-order valence-corrected chi connectivity index (χ3v) is 3.44. The van der Waals surface area contributed by atoms with Crippen molar-refractivity contribution in [3.63, 3.8) is 0 Å². The normalized spacial score (nSPS) is 16.7. The van der Waals surface area contributed by atoms with E-state index < -0.39 is 0 Å². The number of rotatable bonds is 5. The van der Waals surface area contributed by atoms with Crippen LogP contribution in [0.4, 0.5) is 4.39 Å². The Morgan fingerprint density at radius 2 is 2.10 bits per heavy atom. The molecule has 1 aromatic rings. The Balaban J connectivity index is 0.00000220. The van der Waals surface area contributed by atoms with Crippen LogP contribution in [0.3, 0.4) is 0 Å². The van der Waals surface area contributed by atoms with Crippen LogP contribution < -0.4 is 15.4 Å². The molecule has 0 saturated carbocycles. The molecule has 1 heterocycles. The second kappa shape index (κ2) is 8.85. The van der Waals surface area contributed by atoms with E-state index in [4.69, 9.17) is 4.74 Å². The van der Waals surface area contributed by atoms with Gasteiger partial charge < -0.3 is 15.4 Å². The second-order valence-corrected chi connectivity index (χ2v) is 5.13. The van der Waals surface area contributed by atoms with E-state index in [0.717, 1.165) is 25.9 Å². The molecule has 118 valence electrons. The molecule has 1 aromatic carbocycles. The van der Waals surface area contributed by atoms with Crippen LogP contribution in [0.25, 0.3) is 0 Å². The number of para-hydroxylation sites is 1. The molecular weight excluding hydrogens is 295 g/mol. The summed E-state index contributed by atoms with van der Waals surface area (Å²) in [7, 11) is 0. The largest absolute Gasteiger partial charge is 0.486 e. The zero-order valence-electron chi connectivity index (χ0n) is 12.1. The summed E-state index contributed by atoms with van der Waals surface area (Å²) in [6, 6.07) is 6.28. The number of nitrogens with one attached hydrogen (secondary N) is 2. The quantitative estimate of drug-likeness (QED) is 0.875. The molecule has 1 amide bonds. The third-order valence-electron chi connectivity index (χ3n) is 3.44. The molecule has 0 spiro atoms. The molecule has 0 bridgehead atoms. The van der Waals surface area contributed by atoms with Crippen molar-refractivity contribution in [3.05, 3.63) is 30.1 Å². The van der Waals surface area contributed by atoms with Crippen LogP contribution in [0.2, 0.25) is 0 Å². The lowest BCUT2D eigenvalue weighted by atomic mass is 9.97. The lowest BCUT2D eigenvalue weighted by Crippen LogP contribution is -2.41. The van der Waals surface area contributed by atoms with Gasteiger partial charge in [0.25, 0.3) is 0 Å². The highest BCUT2D eigenvalue weighted by atomic mass is 35.5. The van der Waals surface area contributed by atoms with Gasteiger partial charge in [0.05, 0.1) is 6.54 Å². The number of halogens is 2. The summed E-state index contributed by atoms with van der Waals surface area (Å²) in [5.41, 5.74) is 0. The highest BCUT2D eigenvalue weighted by molar-refractivity contribution is 5.85. The van der Waals surface area contributed by atoms with Gasteiger partial charge in [0.2, 0.25) is 5.91 Å². The lowest BCUT2D eigenvalue weighted by Gasteiger charge is -2.23. The summed E-state index contributed by atoms with van der Waals surface area (Å²) in [6.07, 6.45) is 1.47. The molecular formula is C15H22ClFN2O2. The van der Waals surface area contributed by atoms with Gasteiger partial charge >= 0.3 is 0 Å². The van der Waals surface area contributed by atoms with E-state index in [1.807, 2.05) is 6.92 Å². The van der Waals surface area contributed by atoms with Crippen molar-refractivity contribution < 1.29 is 13.9 Å². The third kappa shape index (κ3) is 5.52. The van der Waals surface area contributed by atoms with E-state index in [2.05, 4.69) is 10.6 Å². The Bertz CT molecular complexity index is 453. The maximum Gasteiger partial charge on any atom is 0.223 e. The average molecular weight is 317 g/mol. The molecule has 6 heteroatoms. The molecule has 1 unspecified atom stereocenters. The summed E-state index contributed by atoms with van der Waals surface area (Å²) >= 11 is 0. The van der Waals surface area contributed by atoms with Crippen LogP contribution in [0, 0.1) is 11.7 Å². The summed E-state index contributed by atoms with van der Waals surface area (Å²) in [6.45, 7) is 3.98. The highest BCUT2D eigenvalue weighted by Gasteiger charge is 2.21. The molecule has 1 aliphatic rings. The van der Waals surface area contributed by atoms with E-state index >= 15 is 0 Å². The Morgan fingerprint density at radius 1 is 1.43 bits per heavy atom. The Morgan fingerprint density at radius 3 is 2.76 bits per heavy atom. The molecule has 1 aliphatic heterocycles. The maximum absolute atomic E-state index is 13.4. The molecule has 4 nitrogen and oxygen atoms in total. The fourth-order valence-electron chi connectivity index (χ4n) is 2.27. The first kappa shape index (κ1) is 17.7. The van der Waals surface area contributed by atoms with Gasteiger partial charge in [0, 0.05) is 5.92 Å². The number of amides is 1. The molecule has 0 aromatic heterocycles. The number of ether oxygens (including phenoxy) is 1. The number of carbonyl (C=O) groups is 1. The van der Waals surface area contributed by atoms with Gasteiger partial charge in [-0.2, -0.15) is 0 Å². The minimum atomic E-state index is -0.385. The summed E-state index contributed by atoms with van der Waals surface area (Å²) in [5.74, 6) is -0.0208. The van der Waals surface area contributed by atoms with Crippen LogP contribution >= 0.6 is 12.4 Å². The average Bonchev–Trinajstić information content (AvgIpc) is 2.48. The number of benzene rings is 1. The molecule has 1 atom stereocenters. The molecule has 21 heavy (non-hydrogen) atoms. The SMILES string of the molecule is CC(CNC(=O)C1CCNCC1)Oc1ccccc1F.Cl. The number of hydrogen-bond donors (Lipinski definition) is 2. The molecule has 2 N–H and O–H groups in total. The first-order chi connectivity index (χ1) is 9.66. The summed E-state index contributed by atoms with van der Waals surface area (Å²) in [5, 5.41) is 6.10. The zero-order valence-corrected chi connectivity index (χ0v) is 12.9. The van der Waals surface area contributed by atoms with E-state index in [9.17, 15) is 9.18 Å². The van der Waals surface area contributed by atoms with Crippen LogP contribution in [0.5, 0.6) is 5.75 Å². The summed E-state index contributed by atoms with van der Waals surface area (Å²) in [4.78, 5) is 12.0. The summed E-state index contributed by atoms with van der Waals surface area (Å²) < 4.78 is 18.9. The molecule has 0 radical (unpaired) electrons. The van der Waals surface area contributed by atoms with Gasteiger partial charge in [-0.3, -0.25) is 4.79 Å². The minimum Gasteiger partial charge on any atom is -0.486 e. The van der Waals surface area contributed by atoms with Crippen molar-refractivity contribution >= 4 is 18.3 Å². The van der Waals surface area contributed by atoms with Crippen molar-refractivity contribution in [3.8, 4) is 5.75 Å². The van der Waals surface area contributed by atoms with E-state index in [1.165, 1.54) is 6.07 Å².